The molecule has 2 aliphatic heterocycles. The number of anilines is 1. The summed E-state index contributed by atoms with van der Waals surface area (Å²) in [7, 11) is 0. The number of piperidine rings is 1. The monoisotopic (exact) mass is 375 g/mol. The summed E-state index contributed by atoms with van der Waals surface area (Å²) >= 11 is 0. The highest BCUT2D eigenvalue weighted by atomic mass is 15.2. The van der Waals surface area contributed by atoms with Gasteiger partial charge in [0.15, 0.2) is 0 Å². The maximum atomic E-state index is 9.08. The Labute approximate surface area is 168 Å². The molecule has 146 valence electrons. The van der Waals surface area contributed by atoms with Gasteiger partial charge in [0.2, 0.25) is 0 Å². The number of pyridine rings is 1. The van der Waals surface area contributed by atoms with Crippen LogP contribution in [0.3, 0.4) is 0 Å². The van der Waals surface area contributed by atoms with E-state index in [-0.39, 0.29) is 0 Å². The number of hydrogen-bond donors (Lipinski definition) is 1. The van der Waals surface area contributed by atoms with Gasteiger partial charge in [-0.3, -0.25) is 4.90 Å². The summed E-state index contributed by atoms with van der Waals surface area (Å²) in [5, 5.41) is 12.9. The summed E-state index contributed by atoms with van der Waals surface area (Å²) in [6.45, 7) is 7.61. The molecule has 0 amide bonds. The Kier molecular flexibility index (Phi) is 5.90. The van der Waals surface area contributed by atoms with E-state index in [2.05, 4.69) is 57.4 Å². The molecule has 4 rings (SSSR count). The van der Waals surface area contributed by atoms with Crippen LogP contribution in [-0.4, -0.2) is 48.1 Å². The number of hydrogen-bond acceptors (Lipinski definition) is 5. The van der Waals surface area contributed by atoms with Crippen molar-refractivity contribution in [2.45, 2.75) is 44.8 Å². The maximum Gasteiger partial charge on any atom is 0.129 e. The van der Waals surface area contributed by atoms with E-state index in [4.69, 9.17) is 5.26 Å². The van der Waals surface area contributed by atoms with Gasteiger partial charge in [-0.15, -0.1) is 0 Å². The number of nitrogens with zero attached hydrogens (tertiary/aromatic N) is 4. The zero-order chi connectivity index (χ0) is 19.3. The van der Waals surface area contributed by atoms with Crippen LogP contribution in [0.2, 0.25) is 0 Å². The number of benzene rings is 1. The summed E-state index contributed by atoms with van der Waals surface area (Å²) in [6.07, 6.45) is 5.13. The van der Waals surface area contributed by atoms with Gasteiger partial charge in [-0.25, -0.2) is 4.98 Å². The fourth-order valence-corrected chi connectivity index (χ4v) is 4.49. The first-order valence-corrected chi connectivity index (χ1v) is 10.4. The minimum Gasteiger partial charge on any atom is -0.356 e. The smallest absolute Gasteiger partial charge is 0.129 e. The van der Waals surface area contributed by atoms with E-state index >= 15 is 0 Å². The van der Waals surface area contributed by atoms with E-state index < -0.39 is 0 Å². The fraction of sp³-hybridized carbons (Fsp3) is 0.478. The van der Waals surface area contributed by atoms with Crippen LogP contribution >= 0.6 is 0 Å². The molecule has 1 aromatic heterocycles. The van der Waals surface area contributed by atoms with E-state index in [0.717, 1.165) is 57.8 Å². The molecule has 1 atom stereocenters. The molecule has 2 aromatic rings. The van der Waals surface area contributed by atoms with E-state index in [0.29, 0.717) is 17.6 Å². The minimum atomic E-state index is 0.488. The highest BCUT2D eigenvalue weighted by molar-refractivity contribution is 5.45. The third-order valence-corrected chi connectivity index (χ3v) is 5.96. The van der Waals surface area contributed by atoms with Crippen molar-refractivity contribution in [2.75, 3.05) is 31.1 Å². The maximum absolute atomic E-state index is 9.08. The minimum absolute atomic E-state index is 0.488. The Morgan fingerprint density at radius 2 is 1.96 bits per heavy atom. The van der Waals surface area contributed by atoms with Gasteiger partial charge in [0.25, 0.3) is 0 Å². The molecule has 1 saturated heterocycles. The van der Waals surface area contributed by atoms with E-state index in [1.54, 1.807) is 12.3 Å². The van der Waals surface area contributed by atoms with Crippen molar-refractivity contribution in [3.05, 3.63) is 59.3 Å². The number of nitriles is 1. The summed E-state index contributed by atoms with van der Waals surface area (Å²) in [5.74, 6) is 0.928. The van der Waals surface area contributed by atoms with E-state index in [9.17, 15) is 0 Å². The average Bonchev–Trinajstić information content (AvgIpc) is 2.74. The SMILES string of the molecule is CC(CN1CCc2ccccc2C1)NC1CCN(c2cc(C#N)ccn2)CC1. The van der Waals surface area contributed by atoms with Gasteiger partial charge in [0.1, 0.15) is 5.82 Å². The molecule has 1 aromatic carbocycles. The lowest BCUT2D eigenvalue weighted by Crippen LogP contribution is -2.49. The summed E-state index contributed by atoms with van der Waals surface area (Å²) in [4.78, 5) is 9.31. The zero-order valence-electron chi connectivity index (χ0n) is 16.6. The molecule has 2 aliphatic rings. The lowest BCUT2D eigenvalue weighted by Gasteiger charge is -2.36. The highest BCUT2D eigenvalue weighted by Crippen LogP contribution is 2.20. The molecule has 1 unspecified atom stereocenters. The van der Waals surface area contributed by atoms with Crippen molar-refractivity contribution >= 4 is 5.82 Å². The lowest BCUT2D eigenvalue weighted by atomic mass is 9.99. The number of rotatable bonds is 5. The van der Waals surface area contributed by atoms with Crippen LogP contribution in [0.1, 0.15) is 36.5 Å². The molecule has 1 fully saturated rings. The van der Waals surface area contributed by atoms with Crippen LogP contribution in [0.15, 0.2) is 42.6 Å². The fourth-order valence-electron chi connectivity index (χ4n) is 4.49. The Morgan fingerprint density at radius 3 is 2.75 bits per heavy atom. The Balaban J connectivity index is 1.24. The predicted molar refractivity (Wildman–Crippen MR) is 112 cm³/mol. The van der Waals surface area contributed by atoms with Gasteiger partial charge in [0.05, 0.1) is 11.6 Å². The third kappa shape index (κ3) is 4.52. The van der Waals surface area contributed by atoms with Crippen LogP contribution < -0.4 is 10.2 Å². The van der Waals surface area contributed by atoms with Gasteiger partial charge in [-0.05, 0) is 49.4 Å². The van der Waals surface area contributed by atoms with Crippen LogP contribution in [0.4, 0.5) is 5.82 Å². The molecule has 0 saturated carbocycles. The van der Waals surface area contributed by atoms with Gasteiger partial charge in [-0.2, -0.15) is 5.26 Å². The van der Waals surface area contributed by atoms with Crippen molar-refractivity contribution < 1.29 is 0 Å². The second kappa shape index (κ2) is 8.72. The molecule has 0 spiro atoms. The van der Waals surface area contributed by atoms with Crippen molar-refractivity contribution in [1.82, 2.24) is 15.2 Å². The van der Waals surface area contributed by atoms with Gasteiger partial charge >= 0.3 is 0 Å². The zero-order valence-corrected chi connectivity index (χ0v) is 16.6. The summed E-state index contributed by atoms with van der Waals surface area (Å²) in [5.41, 5.74) is 3.68. The van der Waals surface area contributed by atoms with Crippen LogP contribution in [0.25, 0.3) is 0 Å². The molecule has 0 aliphatic carbocycles. The van der Waals surface area contributed by atoms with Crippen molar-refractivity contribution in [3.63, 3.8) is 0 Å². The van der Waals surface area contributed by atoms with Gasteiger partial charge < -0.3 is 10.2 Å². The van der Waals surface area contributed by atoms with Gasteiger partial charge in [-0.1, -0.05) is 24.3 Å². The lowest BCUT2D eigenvalue weighted by molar-refractivity contribution is 0.218. The molecule has 0 radical (unpaired) electrons. The second-order valence-electron chi connectivity index (χ2n) is 8.10. The molecule has 0 bridgehead atoms. The third-order valence-electron chi connectivity index (χ3n) is 5.96. The molecule has 1 N–H and O–H groups in total. The Bertz CT molecular complexity index is 835. The topological polar surface area (TPSA) is 55.2 Å². The van der Waals surface area contributed by atoms with Crippen LogP contribution in [0.5, 0.6) is 0 Å². The highest BCUT2D eigenvalue weighted by Gasteiger charge is 2.23. The summed E-state index contributed by atoms with van der Waals surface area (Å²) < 4.78 is 0. The first-order valence-electron chi connectivity index (χ1n) is 10.4. The predicted octanol–water partition coefficient (Wildman–Crippen LogP) is 2.96. The normalized spacial score (nSPS) is 19.1. The second-order valence-corrected chi connectivity index (χ2v) is 8.10. The Morgan fingerprint density at radius 1 is 1.18 bits per heavy atom. The first-order chi connectivity index (χ1) is 13.7. The molecular weight excluding hydrogens is 346 g/mol. The van der Waals surface area contributed by atoms with Gasteiger partial charge in [0, 0.05) is 51.0 Å². The van der Waals surface area contributed by atoms with Crippen molar-refractivity contribution in [1.29, 1.82) is 5.26 Å². The quantitative estimate of drug-likeness (QED) is 0.871. The number of fused-ring (bicyclic) bond motifs is 1. The molecule has 5 heteroatoms. The van der Waals surface area contributed by atoms with Crippen LogP contribution in [0, 0.1) is 11.3 Å². The molecule has 3 heterocycles. The molecule has 5 nitrogen and oxygen atoms in total. The number of nitrogens with one attached hydrogen (secondary N) is 1. The van der Waals surface area contributed by atoms with Crippen molar-refractivity contribution in [3.8, 4) is 6.07 Å². The van der Waals surface area contributed by atoms with Crippen molar-refractivity contribution in [2.24, 2.45) is 0 Å². The number of aromatic nitrogens is 1. The molecule has 28 heavy (non-hydrogen) atoms. The molecular formula is C23H29N5. The average molecular weight is 376 g/mol. The Hall–Kier alpha value is -2.42. The standard InChI is InChI=1S/C23H29N5/c1-18(16-27-11-7-20-4-2-3-5-21(20)17-27)26-22-8-12-28(13-9-22)23-14-19(15-24)6-10-25-23/h2-6,10,14,18,22,26H,7-9,11-13,16-17H2,1H3. The van der Waals surface area contributed by atoms with Crippen LogP contribution in [-0.2, 0) is 13.0 Å². The summed E-state index contributed by atoms with van der Waals surface area (Å²) in [6, 6.07) is 15.7. The largest absolute Gasteiger partial charge is 0.356 e. The van der Waals surface area contributed by atoms with E-state index in [1.807, 2.05) is 6.07 Å². The first kappa shape index (κ1) is 18.9. The van der Waals surface area contributed by atoms with E-state index in [1.165, 1.54) is 11.1 Å².